The van der Waals surface area contributed by atoms with Crippen LogP contribution >= 0.6 is 0 Å². The highest BCUT2D eigenvalue weighted by Crippen LogP contribution is 2.30. The molecule has 25 heavy (non-hydrogen) atoms. The molecule has 0 spiro atoms. The standard InChI is InChI=1S/C20H18N2O3/c1-22-15(11-18-19(22)14-8-4-6-10-17(14)25-18)20(23)21-12-13-7-3-5-9-16(13)24-2/h3-11H,12H2,1-2H3,(H,21,23). The number of ether oxygens (including phenoxy) is 1. The molecule has 2 heterocycles. The van der Waals surface area contributed by atoms with Crippen molar-refractivity contribution in [2.45, 2.75) is 6.54 Å². The van der Waals surface area contributed by atoms with Gasteiger partial charge in [0, 0.05) is 30.6 Å². The van der Waals surface area contributed by atoms with Gasteiger partial charge in [-0.1, -0.05) is 30.3 Å². The summed E-state index contributed by atoms with van der Waals surface area (Å²) in [6.45, 7) is 0.399. The Balaban J connectivity index is 1.63. The number of rotatable bonds is 4. The Kier molecular flexibility index (Phi) is 3.69. The summed E-state index contributed by atoms with van der Waals surface area (Å²) >= 11 is 0. The fraction of sp³-hybridized carbons (Fsp3) is 0.150. The number of fused-ring (bicyclic) bond motifs is 3. The molecular formula is C20H18N2O3. The highest BCUT2D eigenvalue weighted by atomic mass is 16.5. The molecule has 0 saturated carbocycles. The van der Waals surface area contributed by atoms with Crippen LogP contribution < -0.4 is 10.1 Å². The maximum absolute atomic E-state index is 12.6. The summed E-state index contributed by atoms with van der Waals surface area (Å²) in [7, 11) is 3.50. The summed E-state index contributed by atoms with van der Waals surface area (Å²) in [4.78, 5) is 12.6. The van der Waals surface area contributed by atoms with Crippen LogP contribution in [0.3, 0.4) is 0 Å². The van der Waals surface area contributed by atoms with Crippen LogP contribution in [0.25, 0.3) is 22.1 Å². The van der Waals surface area contributed by atoms with Gasteiger partial charge in [-0.15, -0.1) is 0 Å². The normalized spacial score (nSPS) is 11.1. The van der Waals surface area contributed by atoms with Crippen LogP contribution in [-0.4, -0.2) is 17.6 Å². The van der Waals surface area contributed by atoms with Crippen molar-refractivity contribution >= 4 is 28.0 Å². The zero-order valence-corrected chi connectivity index (χ0v) is 14.1. The topological polar surface area (TPSA) is 56.4 Å². The first-order valence-corrected chi connectivity index (χ1v) is 8.06. The molecule has 5 heteroatoms. The van der Waals surface area contributed by atoms with Crippen LogP contribution in [0.5, 0.6) is 5.75 Å². The third kappa shape index (κ3) is 2.54. The Bertz CT molecular complexity index is 1080. The van der Waals surface area contributed by atoms with Gasteiger partial charge < -0.3 is 19.0 Å². The number of aryl methyl sites for hydroxylation is 1. The Morgan fingerprint density at radius 1 is 1.12 bits per heavy atom. The molecule has 0 unspecified atom stereocenters. The number of carbonyl (C=O) groups excluding carboxylic acids is 1. The van der Waals surface area contributed by atoms with Gasteiger partial charge in [0.05, 0.1) is 12.6 Å². The van der Waals surface area contributed by atoms with E-state index in [1.54, 1.807) is 13.2 Å². The van der Waals surface area contributed by atoms with Gasteiger partial charge in [-0.3, -0.25) is 4.79 Å². The van der Waals surface area contributed by atoms with E-state index < -0.39 is 0 Å². The SMILES string of the molecule is COc1ccccc1CNC(=O)c1cc2oc3ccccc3c2n1C. The molecule has 1 N–H and O–H groups in total. The number of hydrogen-bond donors (Lipinski definition) is 1. The summed E-state index contributed by atoms with van der Waals surface area (Å²) in [5.74, 6) is 0.610. The van der Waals surface area contributed by atoms with Crippen molar-refractivity contribution in [3.05, 3.63) is 65.9 Å². The van der Waals surface area contributed by atoms with E-state index in [0.717, 1.165) is 27.8 Å². The van der Waals surface area contributed by atoms with Gasteiger partial charge in [-0.05, 0) is 18.2 Å². The fourth-order valence-electron chi connectivity index (χ4n) is 3.17. The van der Waals surface area contributed by atoms with Gasteiger partial charge in [-0.2, -0.15) is 0 Å². The average molecular weight is 334 g/mol. The van der Waals surface area contributed by atoms with Crippen molar-refractivity contribution in [1.29, 1.82) is 0 Å². The highest BCUT2D eigenvalue weighted by molar-refractivity contribution is 6.07. The minimum Gasteiger partial charge on any atom is -0.496 e. The average Bonchev–Trinajstić information content (AvgIpc) is 3.16. The van der Waals surface area contributed by atoms with Crippen LogP contribution in [0.2, 0.25) is 0 Å². The first-order valence-electron chi connectivity index (χ1n) is 8.06. The lowest BCUT2D eigenvalue weighted by Crippen LogP contribution is -2.25. The molecule has 0 atom stereocenters. The van der Waals surface area contributed by atoms with Gasteiger partial charge >= 0.3 is 0 Å². The molecule has 0 saturated heterocycles. The van der Waals surface area contributed by atoms with Crippen molar-refractivity contribution in [2.24, 2.45) is 7.05 Å². The highest BCUT2D eigenvalue weighted by Gasteiger charge is 2.18. The Hall–Kier alpha value is -3.21. The lowest BCUT2D eigenvalue weighted by Gasteiger charge is -2.10. The largest absolute Gasteiger partial charge is 0.496 e. The molecule has 4 rings (SSSR count). The van der Waals surface area contributed by atoms with E-state index >= 15 is 0 Å². The third-order valence-corrected chi connectivity index (χ3v) is 4.42. The summed E-state index contributed by atoms with van der Waals surface area (Å²) < 4.78 is 13.0. The van der Waals surface area contributed by atoms with Crippen molar-refractivity contribution in [3.8, 4) is 5.75 Å². The molecule has 2 aromatic carbocycles. The number of nitrogens with one attached hydrogen (secondary N) is 1. The van der Waals surface area contributed by atoms with Gasteiger partial charge in [0.1, 0.15) is 17.0 Å². The Morgan fingerprint density at radius 3 is 2.72 bits per heavy atom. The van der Waals surface area contributed by atoms with Crippen molar-refractivity contribution in [1.82, 2.24) is 9.88 Å². The maximum Gasteiger partial charge on any atom is 0.268 e. The molecule has 0 aliphatic carbocycles. The van der Waals surface area contributed by atoms with E-state index in [-0.39, 0.29) is 5.91 Å². The second-order valence-corrected chi connectivity index (χ2v) is 5.89. The van der Waals surface area contributed by atoms with Crippen LogP contribution in [0.15, 0.2) is 59.0 Å². The molecule has 2 aromatic heterocycles. The van der Waals surface area contributed by atoms with Crippen LogP contribution in [0.1, 0.15) is 16.1 Å². The number of amides is 1. The Labute approximate surface area is 144 Å². The summed E-state index contributed by atoms with van der Waals surface area (Å²) in [6, 6.07) is 17.2. The van der Waals surface area contributed by atoms with Gasteiger partial charge in [0.2, 0.25) is 0 Å². The number of nitrogens with zero attached hydrogens (tertiary/aromatic N) is 1. The monoisotopic (exact) mass is 334 g/mol. The number of carbonyl (C=O) groups is 1. The number of aromatic nitrogens is 1. The maximum atomic E-state index is 12.6. The fourth-order valence-corrected chi connectivity index (χ4v) is 3.17. The third-order valence-electron chi connectivity index (χ3n) is 4.42. The van der Waals surface area contributed by atoms with Gasteiger partial charge in [0.15, 0.2) is 5.58 Å². The molecule has 126 valence electrons. The number of methoxy groups -OCH3 is 1. The predicted octanol–water partition coefficient (Wildman–Crippen LogP) is 3.86. The van der Waals surface area contributed by atoms with Crippen LogP contribution in [-0.2, 0) is 13.6 Å². The van der Waals surface area contributed by atoms with Gasteiger partial charge in [-0.25, -0.2) is 0 Å². The van der Waals surface area contributed by atoms with Crippen molar-refractivity contribution in [2.75, 3.05) is 7.11 Å². The summed E-state index contributed by atoms with van der Waals surface area (Å²) in [6.07, 6.45) is 0. The summed E-state index contributed by atoms with van der Waals surface area (Å²) in [5, 5.41) is 3.95. The molecule has 4 aromatic rings. The van der Waals surface area contributed by atoms with E-state index in [2.05, 4.69) is 5.32 Å². The van der Waals surface area contributed by atoms with E-state index in [0.29, 0.717) is 17.8 Å². The zero-order valence-electron chi connectivity index (χ0n) is 14.1. The second kappa shape index (κ2) is 6.02. The van der Waals surface area contributed by atoms with Crippen LogP contribution in [0.4, 0.5) is 0 Å². The molecule has 5 nitrogen and oxygen atoms in total. The molecule has 0 fully saturated rings. The minimum atomic E-state index is -0.149. The summed E-state index contributed by atoms with van der Waals surface area (Å²) in [5.41, 5.74) is 3.96. The van der Waals surface area contributed by atoms with Crippen molar-refractivity contribution < 1.29 is 13.9 Å². The second-order valence-electron chi connectivity index (χ2n) is 5.89. The van der Waals surface area contributed by atoms with Crippen molar-refractivity contribution in [3.63, 3.8) is 0 Å². The molecule has 0 aliphatic heterocycles. The first-order chi connectivity index (χ1) is 12.2. The molecular weight excluding hydrogens is 316 g/mol. The van der Waals surface area contributed by atoms with Gasteiger partial charge in [0.25, 0.3) is 5.91 Å². The number of benzene rings is 2. The van der Waals surface area contributed by atoms with Crippen LogP contribution in [0, 0.1) is 0 Å². The van der Waals surface area contributed by atoms with E-state index in [1.807, 2.05) is 60.1 Å². The molecule has 0 bridgehead atoms. The quantitative estimate of drug-likeness (QED) is 0.616. The van der Waals surface area contributed by atoms with E-state index in [4.69, 9.17) is 9.15 Å². The number of furan rings is 1. The smallest absolute Gasteiger partial charge is 0.268 e. The first kappa shape index (κ1) is 15.3. The predicted molar refractivity (Wildman–Crippen MR) is 96.9 cm³/mol. The minimum absolute atomic E-state index is 0.149. The molecule has 1 amide bonds. The lowest BCUT2D eigenvalue weighted by molar-refractivity contribution is 0.0943. The van der Waals surface area contributed by atoms with E-state index in [1.165, 1.54) is 0 Å². The van der Waals surface area contributed by atoms with E-state index in [9.17, 15) is 4.79 Å². The Morgan fingerprint density at radius 2 is 1.88 bits per heavy atom. The molecule has 0 aliphatic rings. The number of hydrogen-bond acceptors (Lipinski definition) is 3. The number of para-hydroxylation sites is 2. The molecule has 0 radical (unpaired) electrons. The lowest BCUT2D eigenvalue weighted by atomic mass is 10.2. The zero-order chi connectivity index (χ0) is 17.4.